The first kappa shape index (κ1) is 15.9. The van der Waals surface area contributed by atoms with E-state index in [1.807, 2.05) is 24.3 Å². The molecule has 0 amide bonds. The molecule has 1 heterocycles. The maximum Gasteiger partial charge on any atom is 0.135 e. The van der Waals surface area contributed by atoms with Crippen LogP contribution in [0.2, 0.25) is 0 Å². The van der Waals surface area contributed by atoms with Gasteiger partial charge in [-0.1, -0.05) is 30.3 Å². The molecule has 0 saturated heterocycles. The van der Waals surface area contributed by atoms with Gasteiger partial charge in [-0.05, 0) is 23.3 Å². The first-order chi connectivity index (χ1) is 12.1. The van der Waals surface area contributed by atoms with E-state index >= 15 is 0 Å². The Hall–Kier alpha value is -2.57. The Kier molecular flexibility index (Phi) is 4.07. The van der Waals surface area contributed by atoms with Crippen molar-refractivity contribution < 1.29 is 13.9 Å². The highest BCUT2D eigenvalue weighted by Gasteiger charge is 2.30. The van der Waals surface area contributed by atoms with Gasteiger partial charge in [-0.2, -0.15) is 5.10 Å². The number of nitrogens with one attached hydrogen (secondary N) is 2. The average molecular weight is 341 g/mol. The van der Waals surface area contributed by atoms with Crippen LogP contribution in [0.4, 0.5) is 8.78 Å². The number of aliphatic hydroxyl groups excluding tert-OH is 1. The molecule has 1 aromatic heterocycles. The number of aromatic amines is 1. The number of aliphatic hydroxyl groups is 1. The zero-order valence-corrected chi connectivity index (χ0v) is 13.3. The van der Waals surface area contributed by atoms with Gasteiger partial charge in [0.15, 0.2) is 0 Å². The molecule has 0 spiro atoms. The van der Waals surface area contributed by atoms with Crippen LogP contribution in [0.3, 0.4) is 0 Å². The minimum atomic E-state index is -0.642. The fraction of sp³-hybridized carbons (Fsp3) is 0.211. The third-order valence-corrected chi connectivity index (χ3v) is 4.65. The highest BCUT2D eigenvalue weighted by atomic mass is 19.1. The van der Waals surface area contributed by atoms with Crippen LogP contribution in [0.1, 0.15) is 22.7 Å². The predicted octanol–water partition coefficient (Wildman–Crippen LogP) is 3.10. The summed E-state index contributed by atoms with van der Waals surface area (Å²) in [6, 6.07) is 11.4. The number of rotatable bonds is 4. The maximum absolute atomic E-state index is 14.0. The normalized spacial score (nSPS) is 19.2. The van der Waals surface area contributed by atoms with Crippen LogP contribution >= 0.6 is 0 Å². The second-order valence-electron chi connectivity index (χ2n) is 6.20. The number of hydrogen-bond acceptors (Lipinski definition) is 3. The third kappa shape index (κ3) is 2.83. The van der Waals surface area contributed by atoms with E-state index in [0.29, 0.717) is 24.2 Å². The van der Waals surface area contributed by atoms with Gasteiger partial charge in [0.2, 0.25) is 0 Å². The Morgan fingerprint density at radius 2 is 1.88 bits per heavy atom. The van der Waals surface area contributed by atoms with E-state index in [1.165, 1.54) is 18.2 Å². The number of hydrogen-bond donors (Lipinski definition) is 3. The summed E-state index contributed by atoms with van der Waals surface area (Å²) in [7, 11) is 0. The van der Waals surface area contributed by atoms with E-state index in [0.717, 1.165) is 11.1 Å². The lowest BCUT2D eigenvalue weighted by molar-refractivity contribution is 0.140. The summed E-state index contributed by atoms with van der Waals surface area (Å²) < 4.78 is 28.1. The van der Waals surface area contributed by atoms with E-state index in [1.54, 1.807) is 6.20 Å². The maximum atomic E-state index is 14.0. The molecule has 0 radical (unpaired) electrons. The van der Waals surface area contributed by atoms with Crippen molar-refractivity contribution in [3.8, 4) is 11.3 Å². The summed E-state index contributed by atoms with van der Waals surface area (Å²) in [4.78, 5) is 0. The first-order valence-electron chi connectivity index (χ1n) is 8.11. The van der Waals surface area contributed by atoms with Crippen molar-refractivity contribution in [2.75, 3.05) is 0 Å². The second-order valence-corrected chi connectivity index (χ2v) is 6.20. The average Bonchev–Trinajstić information content (AvgIpc) is 3.16. The van der Waals surface area contributed by atoms with Gasteiger partial charge < -0.3 is 10.4 Å². The van der Waals surface area contributed by atoms with Gasteiger partial charge in [0.05, 0.1) is 29.6 Å². The summed E-state index contributed by atoms with van der Waals surface area (Å²) in [5, 5.41) is 20.2. The molecule has 3 N–H and O–H groups in total. The molecule has 4 rings (SSSR count). The Labute approximate surface area is 143 Å². The van der Waals surface area contributed by atoms with Crippen molar-refractivity contribution in [1.29, 1.82) is 0 Å². The predicted molar refractivity (Wildman–Crippen MR) is 89.7 cm³/mol. The van der Waals surface area contributed by atoms with Gasteiger partial charge >= 0.3 is 0 Å². The summed E-state index contributed by atoms with van der Waals surface area (Å²) in [6.07, 6.45) is 1.60. The number of benzene rings is 2. The molecule has 1 aliphatic carbocycles. The Bertz CT molecular complexity index is 889. The lowest BCUT2D eigenvalue weighted by atomic mass is 10.1. The van der Waals surface area contributed by atoms with Gasteiger partial charge in [0.1, 0.15) is 11.6 Å². The molecule has 2 atom stereocenters. The van der Waals surface area contributed by atoms with Crippen molar-refractivity contribution >= 4 is 0 Å². The summed E-state index contributed by atoms with van der Waals surface area (Å²) in [6.45, 7) is 0.329. The van der Waals surface area contributed by atoms with Crippen LogP contribution in [0.5, 0.6) is 0 Å². The summed E-state index contributed by atoms with van der Waals surface area (Å²) in [5.41, 5.74) is 2.99. The SMILES string of the molecule is O[C@H]1Cc2ccccc2[C@H]1NCc1cn[nH]c1-c1c(F)cccc1F. The van der Waals surface area contributed by atoms with Crippen molar-refractivity contribution in [3.63, 3.8) is 0 Å². The number of aromatic nitrogens is 2. The Morgan fingerprint density at radius 3 is 2.68 bits per heavy atom. The molecule has 0 fully saturated rings. The Morgan fingerprint density at radius 1 is 1.12 bits per heavy atom. The molecule has 128 valence electrons. The molecule has 4 nitrogen and oxygen atoms in total. The van der Waals surface area contributed by atoms with Crippen molar-refractivity contribution in [2.24, 2.45) is 0 Å². The fourth-order valence-corrected chi connectivity index (χ4v) is 3.44. The molecule has 2 aromatic carbocycles. The van der Waals surface area contributed by atoms with Crippen molar-refractivity contribution in [3.05, 3.63) is 77.0 Å². The van der Waals surface area contributed by atoms with Crippen LogP contribution in [0.15, 0.2) is 48.7 Å². The summed E-state index contributed by atoms with van der Waals surface area (Å²) in [5.74, 6) is -1.28. The van der Waals surface area contributed by atoms with Crippen LogP contribution < -0.4 is 5.32 Å². The quantitative estimate of drug-likeness (QED) is 0.683. The van der Waals surface area contributed by atoms with Gasteiger partial charge in [-0.15, -0.1) is 0 Å². The fourth-order valence-electron chi connectivity index (χ4n) is 3.44. The van der Waals surface area contributed by atoms with E-state index in [4.69, 9.17) is 0 Å². The van der Waals surface area contributed by atoms with Crippen LogP contribution in [0, 0.1) is 11.6 Å². The smallest absolute Gasteiger partial charge is 0.135 e. The monoisotopic (exact) mass is 341 g/mol. The van der Waals surface area contributed by atoms with Gasteiger partial charge in [0.25, 0.3) is 0 Å². The molecule has 0 saturated carbocycles. The molecule has 1 aliphatic rings. The lowest BCUT2D eigenvalue weighted by Gasteiger charge is -2.18. The van der Waals surface area contributed by atoms with E-state index in [-0.39, 0.29) is 11.6 Å². The molecule has 3 aromatic rings. The third-order valence-electron chi connectivity index (χ3n) is 4.65. The van der Waals surface area contributed by atoms with Crippen LogP contribution in [0.25, 0.3) is 11.3 Å². The van der Waals surface area contributed by atoms with Crippen molar-refractivity contribution in [1.82, 2.24) is 15.5 Å². The Balaban J connectivity index is 1.59. The van der Waals surface area contributed by atoms with Gasteiger partial charge in [-0.3, -0.25) is 5.10 Å². The van der Waals surface area contributed by atoms with Gasteiger partial charge in [-0.25, -0.2) is 8.78 Å². The molecular weight excluding hydrogens is 324 g/mol. The lowest BCUT2D eigenvalue weighted by Crippen LogP contribution is -2.28. The van der Waals surface area contributed by atoms with Crippen LogP contribution in [-0.4, -0.2) is 21.4 Å². The zero-order chi connectivity index (χ0) is 17.4. The van der Waals surface area contributed by atoms with E-state index in [9.17, 15) is 13.9 Å². The number of halogens is 2. The minimum Gasteiger partial charge on any atom is -0.391 e. The van der Waals surface area contributed by atoms with Gasteiger partial charge in [0, 0.05) is 18.5 Å². The second kappa shape index (κ2) is 6.38. The minimum absolute atomic E-state index is 0.121. The number of fused-ring (bicyclic) bond motifs is 1. The number of H-pyrrole nitrogens is 1. The topological polar surface area (TPSA) is 60.9 Å². The summed E-state index contributed by atoms with van der Waals surface area (Å²) >= 11 is 0. The molecule has 25 heavy (non-hydrogen) atoms. The molecule has 0 unspecified atom stereocenters. The molecule has 0 bridgehead atoms. The van der Waals surface area contributed by atoms with Crippen LogP contribution in [-0.2, 0) is 13.0 Å². The highest BCUT2D eigenvalue weighted by Crippen LogP contribution is 2.32. The zero-order valence-electron chi connectivity index (χ0n) is 13.3. The largest absolute Gasteiger partial charge is 0.391 e. The highest BCUT2D eigenvalue weighted by molar-refractivity contribution is 5.64. The number of nitrogens with zero attached hydrogens (tertiary/aromatic N) is 1. The van der Waals surface area contributed by atoms with E-state index in [2.05, 4.69) is 15.5 Å². The van der Waals surface area contributed by atoms with Crippen molar-refractivity contribution in [2.45, 2.75) is 25.1 Å². The molecule has 0 aliphatic heterocycles. The van der Waals surface area contributed by atoms with E-state index < -0.39 is 17.7 Å². The standard InChI is InChI=1S/C19H17F2N3O/c20-14-6-3-7-15(21)17(14)18-12(10-23-24-18)9-22-19-13-5-2-1-4-11(13)8-16(19)25/h1-7,10,16,19,22,25H,8-9H2,(H,23,24)/t16-,19+/m0/s1. The molecular formula is C19H17F2N3O. The molecule has 6 heteroatoms. The first-order valence-corrected chi connectivity index (χ1v) is 8.11.